The van der Waals surface area contributed by atoms with E-state index in [1.54, 1.807) is 0 Å². The molecule has 2 saturated carbocycles. The summed E-state index contributed by atoms with van der Waals surface area (Å²) in [6, 6.07) is 0. The summed E-state index contributed by atoms with van der Waals surface area (Å²) >= 11 is 0. The van der Waals surface area contributed by atoms with Crippen LogP contribution in [0.25, 0.3) is 0 Å². The van der Waals surface area contributed by atoms with Gasteiger partial charge in [-0.05, 0) is 25.7 Å². The molecule has 0 unspecified atom stereocenters. The minimum Gasteiger partial charge on any atom is -0.394 e. The first kappa shape index (κ1) is 19.2. The summed E-state index contributed by atoms with van der Waals surface area (Å²) in [7, 11) is 0. The standard InChI is InChI=1S/C19H36O4/c1-17(2,18(22-15-13-20)9-5-3-6-10-18)19(23-16-14-21)11-7-4-8-12-19/h20-21H,3-16H2,1-2H3. The quantitative estimate of drug-likeness (QED) is 0.716. The molecule has 4 heteroatoms. The van der Waals surface area contributed by atoms with Gasteiger partial charge < -0.3 is 19.7 Å². The Balaban J connectivity index is 2.30. The van der Waals surface area contributed by atoms with E-state index in [4.69, 9.17) is 9.47 Å². The Bertz CT molecular complexity index is 309. The van der Waals surface area contributed by atoms with E-state index in [0.717, 1.165) is 25.7 Å². The normalized spacial score (nSPS) is 24.5. The maximum Gasteiger partial charge on any atom is 0.0761 e. The predicted molar refractivity (Wildman–Crippen MR) is 91.5 cm³/mol. The van der Waals surface area contributed by atoms with Gasteiger partial charge in [-0.1, -0.05) is 52.4 Å². The summed E-state index contributed by atoms with van der Waals surface area (Å²) in [5.41, 5.74) is -0.577. The lowest BCUT2D eigenvalue weighted by Crippen LogP contribution is -2.62. The maximum atomic E-state index is 9.30. The van der Waals surface area contributed by atoms with Crippen molar-refractivity contribution in [1.82, 2.24) is 0 Å². The van der Waals surface area contributed by atoms with Gasteiger partial charge in [0, 0.05) is 5.41 Å². The summed E-state index contributed by atoms with van der Waals surface area (Å²) in [4.78, 5) is 0. The van der Waals surface area contributed by atoms with E-state index in [0.29, 0.717) is 13.2 Å². The summed E-state index contributed by atoms with van der Waals surface area (Å²) in [6.45, 7) is 5.56. The predicted octanol–water partition coefficient (Wildman–Crippen LogP) is 3.44. The number of hydrogen-bond acceptors (Lipinski definition) is 4. The second-order valence-corrected chi connectivity index (χ2v) is 7.88. The van der Waals surface area contributed by atoms with Gasteiger partial charge in [0.15, 0.2) is 0 Å². The van der Waals surface area contributed by atoms with Crippen molar-refractivity contribution in [2.75, 3.05) is 26.4 Å². The zero-order valence-corrected chi connectivity index (χ0v) is 15.1. The van der Waals surface area contributed by atoms with Crippen molar-refractivity contribution in [3.63, 3.8) is 0 Å². The van der Waals surface area contributed by atoms with E-state index in [9.17, 15) is 10.2 Å². The average Bonchev–Trinajstić information content (AvgIpc) is 2.59. The molecule has 0 saturated heterocycles. The SMILES string of the molecule is CC(C)(C1(OCCO)CCCCC1)C1(OCCO)CCCCC1. The number of hydrogen-bond donors (Lipinski definition) is 2. The van der Waals surface area contributed by atoms with Gasteiger partial charge in [0.2, 0.25) is 0 Å². The van der Waals surface area contributed by atoms with Crippen LogP contribution in [0.2, 0.25) is 0 Å². The first-order chi connectivity index (χ1) is 11.0. The van der Waals surface area contributed by atoms with E-state index in [-0.39, 0.29) is 29.8 Å². The number of ether oxygens (including phenoxy) is 2. The zero-order valence-electron chi connectivity index (χ0n) is 15.1. The topological polar surface area (TPSA) is 58.9 Å². The highest BCUT2D eigenvalue weighted by atomic mass is 16.5. The first-order valence-corrected chi connectivity index (χ1v) is 9.53. The molecule has 0 atom stereocenters. The molecule has 0 aromatic heterocycles. The Morgan fingerprint density at radius 2 is 1.04 bits per heavy atom. The van der Waals surface area contributed by atoms with Crippen molar-refractivity contribution in [3.05, 3.63) is 0 Å². The van der Waals surface area contributed by atoms with Gasteiger partial charge >= 0.3 is 0 Å². The minimum absolute atomic E-state index is 0.0718. The molecule has 2 rings (SSSR count). The Hall–Kier alpha value is -0.160. The first-order valence-electron chi connectivity index (χ1n) is 9.53. The van der Waals surface area contributed by atoms with Crippen LogP contribution in [-0.2, 0) is 9.47 Å². The molecule has 0 heterocycles. The van der Waals surface area contributed by atoms with Gasteiger partial charge in [-0.25, -0.2) is 0 Å². The zero-order chi connectivity index (χ0) is 16.8. The molecule has 0 aromatic carbocycles. The Morgan fingerprint density at radius 1 is 0.696 bits per heavy atom. The van der Waals surface area contributed by atoms with Crippen LogP contribution < -0.4 is 0 Å². The fraction of sp³-hybridized carbons (Fsp3) is 1.00. The van der Waals surface area contributed by atoms with Crippen LogP contribution in [0, 0.1) is 5.41 Å². The van der Waals surface area contributed by atoms with Gasteiger partial charge in [-0.2, -0.15) is 0 Å². The fourth-order valence-electron chi connectivity index (χ4n) is 5.04. The molecule has 2 aliphatic carbocycles. The second-order valence-electron chi connectivity index (χ2n) is 7.88. The highest BCUT2D eigenvalue weighted by molar-refractivity contribution is 5.09. The molecule has 0 radical (unpaired) electrons. The van der Waals surface area contributed by atoms with Crippen LogP contribution >= 0.6 is 0 Å². The third kappa shape index (κ3) is 3.76. The van der Waals surface area contributed by atoms with Crippen LogP contribution in [0.5, 0.6) is 0 Å². The molecule has 136 valence electrons. The third-order valence-electron chi connectivity index (χ3n) is 6.54. The second kappa shape index (κ2) is 8.28. The molecular formula is C19H36O4. The molecule has 0 amide bonds. The Morgan fingerprint density at radius 3 is 1.35 bits per heavy atom. The van der Waals surface area contributed by atoms with Gasteiger partial charge in [-0.15, -0.1) is 0 Å². The van der Waals surface area contributed by atoms with Gasteiger partial charge in [0.25, 0.3) is 0 Å². The van der Waals surface area contributed by atoms with Crippen molar-refractivity contribution in [2.24, 2.45) is 5.41 Å². The van der Waals surface area contributed by atoms with Crippen LogP contribution in [0.15, 0.2) is 0 Å². The molecule has 4 nitrogen and oxygen atoms in total. The van der Waals surface area contributed by atoms with Crippen molar-refractivity contribution in [1.29, 1.82) is 0 Å². The molecule has 2 fully saturated rings. The average molecular weight is 328 g/mol. The van der Waals surface area contributed by atoms with Crippen LogP contribution in [0.4, 0.5) is 0 Å². The van der Waals surface area contributed by atoms with Gasteiger partial charge in [0.1, 0.15) is 0 Å². The van der Waals surface area contributed by atoms with Crippen molar-refractivity contribution >= 4 is 0 Å². The number of aliphatic hydroxyl groups excluding tert-OH is 2. The van der Waals surface area contributed by atoms with Crippen LogP contribution in [0.1, 0.15) is 78.1 Å². The van der Waals surface area contributed by atoms with Gasteiger partial charge in [-0.3, -0.25) is 0 Å². The molecular weight excluding hydrogens is 292 g/mol. The highest BCUT2D eigenvalue weighted by Gasteiger charge is 2.58. The lowest BCUT2D eigenvalue weighted by molar-refractivity contribution is -0.246. The van der Waals surface area contributed by atoms with Gasteiger partial charge in [0.05, 0.1) is 37.6 Å². The molecule has 0 aliphatic heterocycles. The number of rotatable bonds is 8. The smallest absolute Gasteiger partial charge is 0.0761 e. The van der Waals surface area contributed by atoms with Crippen LogP contribution in [-0.4, -0.2) is 47.8 Å². The molecule has 2 aliphatic rings. The van der Waals surface area contributed by atoms with E-state index >= 15 is 0 Å². The Kier molecular flexibility index (Phi) is 6.90. The Labute approximate surface area is 141 Å². The summed E-state index contributed by atoms with van der Waals surface area (Å²) in [5, 5.41) is 18.6. The summed E-state index contributed by atoms with van der Waals surface area (Å²) < 4.78 is 12.7. The van der Waals surface area contributed by atoms with Crippen molar-refractivity contribution < 1.29 is 19.7 Å². The molecule has 0 spiro atoms. The molecule has 0 bridgehead atoms. The molecule has 0 aromatic rings. The van der Waals surface area contributed by atoms with E-state index < -0.39 is 0 Å². The van der Waals surface area contributed by atoms with E-state index in [1.807, 2.05) is 0 Å². The van der Waals surface area contributed by atoms with E-state index in [2.05, 4.69) is 13.8 Å². The third-order valence-corrected chi connectivity index (χ3v) is 6.54. The molecule has 23 heavy (non-hydrogen) atoms. The summed E-state index contributed by atoms with van der Waals surface area (Å²) in [6.07, 6.45) is 11.5. The number of aliphatic hydroxyl groups is 2. The van der Waals surface area contributed by atoms with Crippen molar-refractivity contribution in [2.45, 2.75) is 89.3 Å². The molecule has 2 N–H and O–H groups in total. The lowest BCUT2D eigenvalue weighted by Gasteiger charge is -2.59. The van der Waals surface area contributed by atoms with E-state index in [1.165, 1.54) is 38.5 Å². The van der Waals surface area contributed by atoms with Crippen LogP contribution in [0.3, 0.4) is 0 Å². The minimum atomic E-state index is -0.221. The van der Waals surface area contributed by atoms with Crippen molar-refractivity contribution in [3.8, 4) is 0 Å². The largest absolute Gasteiger partial charge is 0.394 e. The maximum absolute atomic E-state index is 9.30. The summed E-state index contributed by atoms with van der Waals surface area (Å²) in [5.74, 6) is 0. The fourth-order valence-corrected chi connectivity index (χ4v) is 5.04. The highest BCUT2D eigenvalue weighted by Crippen LogP contribution is 2.56. The lowest BCUT2D eigenvalue weighted by atomic mass is 9.55. The monoisotopic (exact) mass is 328 g/mol.